The van der Waals surface area contributed by atoms with E-state index in [9.17, 15) is 4.79 Å². The van der Waals surface area contributed by atoms with E-state index in [2.05, 4.69) is 36.4 Å². The third-order valence-corrected chi connectivity index (χ3v) is 5.52. The first kappa shape index (κ1) is 22.8. The number of hydrogen-bond acceptors (Lipinski definition) is 4. The maximum Gasteiger partial charge on any atom is 0.222 e. The highest BCUT2D eigenvalue weighted by Gasteiger charge is 2.22. The van der Waals surface area contributed by atoms with Gasteiger partial charge in [-0.25, -0.2) is 0 Å². The summed E-state index contributed by atoms with van der Waals surface area (Å²) in [6, 6.07) is 4.35. The molecule has 1 aliphatic heterocycles. The molecule has 0 radical (unpaired) electrons. The van der Waals surface area contributed by atoms with E-state index in [4.69, 9.17) is 9.47 Å². The quantitative estimate of drug-likeness (QED) is 0.396. The second-order valence-electron chi connectivity index (χ2n) is 7.82. The summed E-state index contributed by atoms with van der Waals surface area (Å²) in [6.45, 7) is 8.56. The van der Waals surface area contributed by atoms with Gasteiger partial charge in [-0.05, 0) is 48.9 Å². The van der Waals surface area contributed by atoms with Gasteiger partial charge in [-0.3, -0.25) is 9.79 Å². The Hall–Kier alpha value is -2.44. The summed E-state index contributed by atoms with van der Waals surface area (Å²) in [5.41, 5.74) is 2.36. The molecule has 7 nitrogen and oxygen atoms in total. The lowest BCUT2D eigenvalue weighted by Crippen LogP contribution is -2.44. The van der Waals surface area contributed by atoms with Crippen molar-refractivity contribution in [2.75, 3.05) is 34.4 Å². The van der Waals surface area contributed by atoms with Crippen molar-refractivity contribution >= 4 is 11.9 Å². The molecule has 0 spiro atoms. The van der Waals surface area contributed by atoms with Crippen molar-refractivity contribution in [3.8, 4) is 11.5 Å². The van der Waals surface area contributed by atoms with Crippen LogP contribution in [0.3, 0.4) is 0 Å². The Morgan fingerprint density at radius 1 is 1.17 bits per heavy atom. The van der Waals surface area contributed by atoms with E-state index >= 15 is 0 Å². The molecule has 0 aromatic heterocycles. The number of nitrogens with zero attached hydrogens (tertiary/aromatic N) is 2. The number of guanidine groups is 1. The molecular weight excluding hydrogens is 368 g/mol. The molecular formula is C22H36N4O3. The summed E-state index contributed by atoms with van der Waals surface area (Å²) in [7, 11) is 5.04. The number of benzene rings is 1. The van der Waals surface area contributed by atoms with E-state index in [1.165, 1.54) is 5.56 Å². The first-order valence-electron chi connectivity index (χ1n) is 10.4. The molecule has 2 N–H and O–H groups in total. The van der Waals surface area contributed by atoms with Gasteiger partial charge in [-0.1, -0.05) is 13.8 Å². The molecule has 162 valence electrons. The number of hydrogen-bond donors (Lipinski definition) is 2. The lowest BCUT2D eigenvalue weighted by molar-refractivity contribution is -0.132. The molecule has 1 atom stereocenters. The highest BCUT2D eigenvalue weighted by atomic mass is 16.5. The number of rotatable bonds is 8. The number of nitrogens with one attached hydrogen (secondary N) is 2. The number of carbonyl (C=O) groups is 1. The summed E-state index contributed by atoms with van der Waals surface area (Å²) >= 11 is 0. The molecule has 1 aromatic rings. The maximum absolute atomic E-state index is 12.7. The van der Waals surface area contributed by atoms with Crippen LogP contribution in [0.5, 0.6) is 11.5 Å². The van der Waals surface area contributed by atoms with E-state index in [0.717, 1.165) is 36.7 Å². The molecule has 2 rings (SSSR count). The minimum atomic E-state index is 0.186. The van der Waals surface area contributed by atoms with Crippen molar-refractivity contribution in [3.63, 3.8) is 0 Å². The van der Waals surface area contributed by atoms with Crippen LogP contribution in [0.15, 0.2) is 17.1 Å². The second-order valence-corrected chi connectivity index (χ2v) is 7.82. The van der Waals surface area contributed by atoms with E-state index in [1.807, 2.05) is 17.0 Å². The minimum Gasteiger partial charge on any atom is -0.493 e. The van der Waals surface area contributed by atoms with Gasteiger partial charge in [0.1, 0.15) is 0 Å². The second kappa shape index (κ2) is 10.9. The van der Waals surface area contributed by atoms with E-state index in [0.29, 0.717) is 37.2 Å². The van der Waals surface area contributed by atoms with Crippen molar-refractivity contribution in [2.45, 2.75) is 52.6 Å². The third kappa shape index (κ3) is 6.27. The maximum atomic E-state index is 12.7. The molecule has 7 heteroatoms. The van der Waals surface area contributed by atoms with Gasteiger partial charge in [-0.2, -0.15) is 0 Å². The summed E-state index contributed by atoms with van der Waals surface area (Å²) in [4.78, 5) is 18.8. The summed E-state index contributed by atoms with van der Waals surface area (Å²) < 4.78 is 10.8. The van der Waals surface area contributed by atoms with Crippen molar-refractivity contribution < 1.29 is 14.3 Å². The number of ether oxygens (including phenoxy) is 2. The van der Waals surface area contributed by atoms with Crippen LogP contribution in [-0.2, 0) is 17.8 Å². The van der Waals surface area contributed by atoms with Crippen LogP contribution >= 0.6 is 0 Å². The molecule has 0 bridgehead atoms. The van der Waals surface area contributed by atoms with Crippen LogP contribution < -0.4 is 20.1 Å². The van der Waals surface area contributed by atoms with Gasteiger partial charge in [-0.15, -0.1) is 0 Å². The number of aliphatic imine (C=N–C) groups is 1. The van der Waals surface area contributed by atoms with Crippen molar-refractivity contribution in [3.05, 3.63) is 23.3 Å². The fraction of sp³-hybridized carbons (Fsp3) is 0.636. The highest BCUT2D eigenvalue weighted by molar-refractivity contribution is 5.80. The molecule has 1 aliphatic rings. The SMILES string of the molecule is CN=C(NCCCC(=O)N1CCc2cc(OC)c(OC)cc2C1)NC(C)C(C)C. The minimum absolute atomic E-state index is 0.186. The zero-order valence-electron chi connectivity index (χ0n) is 18.7. The Labute approximate surface area is 174 Å². The van der Waals surface area contributed by atoms with Gasteiger partial charge in [0.05, 0.1) is 14.2 Å². The molecule has 1 aromatic carbocycles. The first-order chi connectivity index (χ1) is 13.9. The predicted octanol–water partition coefficient (Wildman–Crippen LogP) is 2.58. The first-order valence-corrected chi connectivity index (χ1v) is 10.4. The number of methoxy groups -OCH3 is 2. The fourth-order valence-electron chi connectivity index (χ4n) is 3.28. The number of fused-ring (bicyclic) bond motifs is 1. The van der Waals surface area contributed by atoms with Gasteiger partial charge in [0.25, 0.3) is 0 Å². The molecule has 29 heavy (non-hydrogen) atoms. The third-order valence-electron chi connectivity index (χ3n) is 5.52. The van der Waals surface area contributed by atoms with Gasteiger partial charge in [0, 0.05) is 39.1 Å². The van der Waals surface area contributed by atoms with E-state index in [-0.39, 0.29) is 5.91 Å². The average Bonchev–Trinajstić information content (AvgIpc) is 2.73. The van der Waals surface area contributed by atoms with E-state index in [1.54, 1.807) is 21.3 Å². The molecule has 0 saturated carbocycles. The van der Waals surface area contributed by atoms with Crippen LogP contribution in [0.25, 0.3) is 0 Å². The van der Waals surface area contributed by atoms with Crippen LogP contribution in [0.4, 0.5) is 0 Å². The Bertz CT molecular complexity index is 718. The molecule has 0 saturated heterocycles. The average molecular weight is 405 g/mol. The molecule has 1 unspecified atom stereocenters. The monoisotopic (exact) mass is 404 g/mol. The molecule has 1 amide bonds. The normalized spacial score (nSPS) is 15.0. The van der Waals surface area contributed by atoms with Crippen molar-refractivity contribution in [1.82, 2.24) is 15.5 Å². The predicted molar refractivity (Wildman–Crippen MR) is 117 cm³/mol. The van der Waals surface area contributed by atoms with Crippen molar-refractivity contribution in [1.29, 1.82) is 0 Å². The van der Waals surface area contributed by atoms with Gasteiger partial charge < -0.3 is 25.0 Å². The van der Waals surface area contributed by atoms with Crippen LogP contribution in [0.2, 0.25) is 0 Å². The van der Waals surface area contributed by atoms with Crippen LogP contribution in [0.1, 0.15) is 44.7 Å². The summed E-state index contributed by atoms with van der Waals surface area (Å²) in [5.74, 6) is 2.94. The topological polar surface area (TPSA) is 75.2 Å². The van der Waals surface area contributed by atoms with Gasteiger partial charge in [0.15, 0.2) is 17.5 Å². The van der Waals surface area contributed by atoms with Crippen LogP contribution in [-0.4, -0.2) is 57.2 Å². The standard InChI is InChI=1S/C22H36N4O3/c1-15(2)16(3)25-22(23-4)24-10-7-8-21(27)26-11-9-17-12-19(28-5)20(29-6)13-18(17)14-26/h12-13,15-16H,7-11,14H2,1-6H3,(H2,23,24,25). The summed E-state index contributed by atoms with van der Waals surface area (Å²) in [6.07, 6.45) is 2.13. The Morgan fingerprint density at radius 2 is 1.83 bits per heavy atom. The summed E-state index contributed by atoms with van der Waals surface area (Å²) in [5, 5.41) is 6.66. The zero-order valence-corrected chi connectivity index (χ0v) is 18.7. The Balaban J connectivity index is 1.82. The van der Waals surface area contributed by atoms with Gasteiger partial charge >= 0.3 is 0 Å². The van der Waals surface area contributed by atoms with E-state index < -0.39 is 0 Å². The Morgan fingerprint density at radius 3 is 2.41 bits per heavy atom. The Kier molecular flexibility index (Phi) is 8.61. The number of amides is 1. The lowest BCUT2D eigenvalue weighted by atomic mass is 9.98. The smallest absolute Gasteiger partial charge is 0.222 e. The highest BCUT2D eigenvalue weighted by Crippen LogP contribution is 2.33. The molecule has 0 aliphatic carbocycles. The zero-order chi connectivity index (χ0) is 21.4. The fourth-order valence-corrected chi connectivity index (χ4v) is 3.28. The molecule has 0 fully saturated rings. The van der Waals surface area contributed by atoms with Crippen LogP contribution in [0, 0.1) is 5.92 Å². The molecule has 1 heterocycles. The lowest BCUT2D eigenvalue weighted by Gasteiger charge is -2.30. The largest absolute Gasteiger partial charge is 0.493 e. The number of carbonyl (C=O) groups excluding carboxylic acids is 1. The van der Waals surface area contributed by atoms with Crippen molar-refractivity contribution in [2.24, 2.45) is 10.9 Å². The van der Waals surface area contributed by atoms with Gasteiger partial charge in [0.2, 0.25) is 5.91 Å².